The van der Waals surface area contributed by atoms with E-state index in [2.05, 4.69) is 26.2 Å². The summed E-state index contributed by atoms with van der Waals surface area (Å²) < 4.78 is 39.1. The molecular formula is C17H17BrFN3O4S. The van der Waals surface area contributed by atoms with Crippen molar-refractivity contribution in [3.8, 4) is 5.75 Å². The third-order valence-corrected chi connectivity index (χ3v) is 6.54. The van der Waals surface area contributed by atoms with Gasteiger partial charge >= 0.3 is 0 Å². The van der Waals surface area contributed by atoms with E-state index >= 15 is 0 Å². The molecule has 3 rings (SSSR count). The van der Waals surface area contributed by atoms with Gasteiger partial charge in [0.2, 0.25) is 10.0 Å². The van der Waals surface area contributed by atoms with Crippen molar-refractivity contribution in [2.24, 2.45) is 0 Å². The van der Waals surface area contributed by atoms with E-state index in [-0.39, 0.29) is 34.8 Å². The van der Waals surface area contributed by atoms with Crippen LogP contribution in [0.2, 0.25) is 0 Å². The van der Waals surface area contributed by atoms with E-state index < -0.39 is 27.5 Å². The first kappa shape index (κ1) is 19.6. The van der Waals surface area contributed by atoms with Crippen molar-refractivity contribution in [2.75, 3.05) is 16.6 Å². The second kappa shape index (κ2) is 7.81. The Morgan fingerprint density at radius 3 is 2.81 bits per heavy atom. The van der Waals surface area contributed by atoms with Crippen molar-refractivity contribution in [1.29, 1.82) is 0 Å². The molecule has 2 heterocycles. The Morgan fingerprint density at radius 1 is 1.33 bits per heavy atom. The number of carbonyl (C=O) groups is 1. The predicted molar refractivity (Wildman–Crippen MR) is 102 cm³/mol. The van der Waals surface area contributed by atoms with Crippen LogP contribution in [-0.2, 0) is 16.6 Å². The van der Waals surface area contributed by atoms with Gasteiger partial charge in [-0.25, -0.2) is 17.8 Å². The third-order valence-electron chi connectivity index (χ3n) is 4.09. The Morgan fingerprint density at radius 2 is 2.11 bits per heavy atom. The molecule has 0 bridgehead atoms. The molecule has 7 nitrogen and oxygen atoms in total. The fourth-order valence-electron chi connectivity index (χ4n) is 2.74. The van der Waals surface area contributed by atoms with Gasteiger partial charge in [0.05, 0.1) is 10.2 Å². The van der Waals surface area contributed by atoms with Crippen molar-refractivity contribution in [1.82, 2.24) is 10.3 Å². The van der Waals surface area contributed by atoms with Crippen LogP contribution in [-0.4, -0.2) is 36.7 Å². The number of nitrogens with one attached hydrogen (secondary N) is 1. The summed E-state index contributed by atoms with van der Waals surface area (Å²) >= 11 is 3.13. The molecule has 0 radical (unpaired) electrons. The zero-order valence-electron chi connectivity index (χ0n) is 14.2. The molecule has 0 unspecified atom stereocenters. The number of sulfonamides is 1. The normalized spacial score (nSPS) is 16.1. The number of aromatic nitrogens is 1. The number of nitrogens with zero attached hydrogens (tertiary/aromatic N) is 2. The number of pyridine rings is 1. The number of amides is 1. The fourth-order valence-corrected chi connectivity index (χ4v) is 4.71. The van der Waals surface area contributed by atoms with E-state index in [1.807, 2.05) is 0 Å². The lowest BCUT2D eigenvalue weighted by Gasteiger charge is -2.27. The van der Waals surface area contributed by atoms with E-state index in [1.54, 1.807) is 6.07 Å². The minimum Gasteiger partial charge on any atom is -0.504 e. The third kappa shape index (κ3) is 4.38. The highest BCUT2D eigenvalue weighted by molar-refractivity contribution is 9.10. The average Bonchev–Trinajstić information content (AvgIpc) is 2.61. The van der Waals surface area contributed by atoms with Crippen LogP contribution < -0.4 is 9.62 Å². The molecule has 144 valence electrons. The largest absolute Gasteiger partial charge is 0.504 e. The molecule has 1 saturated heterocycles. The van der Waals surface area contributed by atoms with Crippen LogP contribution in [0.1, 0.15) is 28.9 Å². The summed E-state index contributed by atoms with van der Waals surface area (Å²) in [6.07, 6.45) is 1.25. The van der Waals surface area contributed by atoms with Gasteiger partial charge in [0.25, 0.3) is 5.91 Å². The maximum atomic E-state index is 13.2. The molecule has 1 aromatic heterocycles. The van der Waals surface area contributed by atoms with Crippen molar-refractivity contribution < 1.29 is 22.7 Å². The number of carbonyl (C=O) groups excluding carboxylic acids is 1. The minimum atomic E-state index is -3.51. The molecule has 10 heteroatoms. The summed E-state index contributed by atoms with van der Waals surface area (Å²) in [5.41, 5.74) is 0.230. The van der Waals surface area contributed by atoms with Gasteiger partial charge in [-0.15, -0.1) is 0 Å². The van der Waals surface area contributed by atoms with Crippen LogP contribution in [0.5, 0.6) is 5.75 Å². The first-order valence-electron chi connectivity index (χ1n) is 8.20. The summed E-state index contributed by atoms with van der Waals surface area (Å²) in [5, 5.41) is 12.7. The minimum absolute atomic E-state index is 0.00821. The molecule has 1 aliphatic heterocycles. The van der Waals surface area contributed by atoms with Crippen LogP contribution >= 0.6 is 15.9 Å². The van der Waals surface area contributed by atoms with Gasteiger partial charge in [-0.2, -0.15) is 0 Å². The van der Waals surface area contributed by atoms with Crippen molar-refractivity contribution in [3.63, 3.8) is 0 Å². The Hall–Kier alpha value is -2.20. The van der Waals surface area contributed by atoms with Crippen LogP contribution in [0, 0.1) is 5.82 Å². The Kier molecular flexibility index (Phi) is 5.66. The number of benzene rings is 1. The maximum absolute atomic E-state index is 13.2. The van der Waals surface area contributed by atoms with E-state index in [4.69, 9.17) is 0 Å². The number of aromatic hydroxyl groups is 1. The number of halogens is 2. The molecule has 1 aromatic carbocycles. The van der Waals surface area contributed by atoms with Crippen molar-refractivity contribution >= 4 is 37.7 Å². The van der Waals surface area contributed by atoms with Crippen LogP contribution in [0.25, 0.3) is 0 Å². The molecule has 0 saturated carbocycles. The number of anilines is 1. The predicted octanol–water partition coefficient (Wildman–Crippen LogP) is 2.55. The topological polar surface area (TPSA) is 99.6 Å². The molecule has 1 aliphatic rings. The van der Waals surface area contributed by atoms with Crippen LogP contribution in [0.3, 0.4) is 0 Å². The molecule has 0 spiro atoms. The summed E-state index contributed by atoms with van der Waals surface area (Å²) in [6, 6.07) is 7.09. The van der Waals surface area contributed by atoms with E-state index in [1.165, 1.54) is 24.3 Å². The quantitative estimate of drug-likeness (QED) is 0.734. The first-order chi connectivity index (χ1) is 12.8. The second-order valence-electron chi connectivity index (χ2n) is 6.07. The number of rotatable bonds is 4. The summed E-state index contributed by atoms with van der Waals surface area (Å²) in [6.45, 7) is 0.290. The van der Waals surface area contributed by atoms with Gasteiger partial charge in [-0.05, 0) is 52.5 Å². The van der Waals surface area contributed by atoms with E-state index in [9.17, 15) is 22.7 Å². The molecule has 0 atom stereocenters. The maximum Gasteiger partial charge on any atom is 0.274 e. The monoisotopic (exact) mass is 457 g/mol. The Labute approximate surface area is 164 Å². The van der Waals surface area contributed by atoms with Gasteiger partial charge in [0, 0.05) is 13.1 Å². The highest BCUT2D eigenvalue weighted by atomic mass is 79.9. The SMILES string of the molecule is O=C(NCc1cccc(F)c1)c1nc(N2CCCCS2(=O)=O)cc(Br)c1O. The lowest BCUT2D eigenvalue weighted by molar-refractivity contribution is 0.0943. The van der Waals surface area contributed by atoms with Gasteiger partial charge in [-0.1, -0.05) is 12.1 Å². The number of hydrogen-bond acceptors (Lipinski definition) is 5. The van der Waals surface area contributed by atoms with Gasteiger partial charge < -0.3 is 10.4 Å². The molecule has 1 fully saturated rings. The molecule has 1 amide bonds. The molecule has 0 aliphatic carbocycles. The van der Waals surface area contributed by atoms with Crippen molar-refractivity contribution in [3.05, 3.63) is 51.9 Å². The summed E-state index contributed by atoms with van der Waals surface area (Å²) in [5.74, 6) is -1.45. The average molecular weight is 458 g/mol. The Bertz CT molecular complexity index is 984. The van der Waals surface area contributed by atoms with E-state index in [0.717, 1.165) is 4.31 Å². The van der Waals surface area contributed by atoms with Crippen LogP contribution in [0.15, 0.2) is 34.8 Å². The molecular weight excluding hydrogens is 441 g/mol. The lowest BCUT2D eigenvalue weighted by atomic mass is 10.2. The second-order valence-corrected chi connectivity index (χ2v) is 8.93. The summed E-state index contributed by atoms with van der Waals surface area (Å²) in [4.78, 5) is 16.5. The highest BCUT2D eigenvalue weighted by Gasteiger charge is 2.29. The number of hydrogen-bond donors (Lipinski definition) is 2. The van der Waals surface area contributed by atoms with Gasteiger partial charge in [-0.3, -0.25) is 9.10 Å². The fraction of sp³-hybridized carbons (Fsp3) is 0.294. The molecule has 2 N–H and O–H groups in total. The van der Waals surface area contributed by atoms with E-state index in [0.29, 0.717) is 18.4 Å². The molecule has 27 heavy (non-hydrogen) atoms. The van der Waals surface area contributed by atoms with Gasteiger partial charge in [0.15, 0.2) is 11.4 Å². The zero-order valence-corrected chi connectivity index (χ0v) is 16.6. The van der Waals surface area contributed by atoms with Crippen molar-refractivity contribution in [2.45, 2.75) is 19.4 Å². The zero-order chi connectivity index (χ0) is 19.6. The van der Waals surface area contributed by atoms with Crippen LogP contribution in [0.4, 0.5) is 10.2 Å². The highest BCUT2D eigenvalue weighted by Crippen LogP contribution is 2.32. The summed E-state index contributed by atoms with van der Waals surface area (Å²) in [7, 11) is -3.51. The van der Waals surface area contributed by atoms with Gasteiger partial charge in [0.1, 0.15) is 11.6 Å². The first-order valence-corrected chi connectivity index (χ1v) is 10.6. The Balaban J connectivity index is 1.86. The lowest BCUT2D eigenvalue weighted by Crippen LogP contribution is -2.38. The standard InChI is InChI=1S/C17H17BrFN3O4S/c18-13-9-14(22-6-1-2-7-27(22,25)26)21-15(16(13)23)17(24)20-10-11-4-3-5-12(19)8-11/h3-5,8-9,23H,1-2,6-7,10H2,(H,20,24). The molecule has 2 aromatic rings. The smallest absolute Gasteiger partial charge is 0.274 e.